The highest BCUT2D eigenvalue weighted by Crippen LogP contribution is 2.27. The second kappa shape index (κ2) is 8.92. The summed E-state index contributed by atoms with van der Waals surface area (Å²) in [5.74, 6) is -0.176. The molecule has 3 aromatic carbocycles. The smallest absolute Gasteiger partial charge is 0.264 e. The fraction of sp³-hybridized carbons (Fsp3) is 0.0769. The minimum Gasteiger partial charge on any atom is -0.325 e. The Bertz CT molecular complexity index is 1470. The zero-order chi connectivity index (χ0) is 22.6. The molecule has 0 unspecified atom stereocenters. The third kappa shape index (κ3) is 4.16. The van der Waals surface area contributed by atoms with Gasteiger partial charge in [0.05, 0.1) is 18.2 Å². The summed E-state index contributed by atoms with van der Waals surface area (Å²) in [7, 11) is 0. The van der Waals surface area contributed by atoms with Crippen LogP contribution in [0.4, 0.5) is 5.69 Å². The molecular formula is C26H21N5O2. The van der Waals surface area contributed by atoms with E-state index in [1.165, 1.54) is 17.1 Å². The lowest BCUT2D eigenvalue weighted by atomic mass is 10.0. The molecule has 2 aromatic heterocycles. The quantitative estimate of drug-likeness (QED) is 0.432. The Labute approximate surface area is 190 Å². The van der Waals surface area contributed by atoms with Crippen LogP contribution in [-0.4, -0.2) is 25.2 Å². The molecule has 162 valence electrons. The molecule has 0 aliphatic rings. The predicted octanol–water partition coefficient (Wildman–Crippen LogP) is 4.28. The number of amides is 1. The minimum absolute atomic E-state index is 0.142. The van der Waals surface area contributed by atoms with Gasteiger partial charge in [-0.1, -0.05) is 66.7 Å². The maximum atomic E-state index is 12.9. The Morgan fingerprint density at radius 2 is 1.58 bits per heavy atom. The Morgan fingerprint density at radius 3 is 2.36 bits per heavy atom. The lowest BCUT2D eigenvalue weighted by Crippen LogP contribution is -2.23. The van der Waals surface area contributed by atoms with Crippen molar-refractivity contribution in [2.75, 3.05) is 5.32 Å². The van der Waals surface area contributed by atoms with Crippen molar-refractivity contribution in [3.05, 3.63) is 108 Å². The molecule has 0 saturated heterocycles. The number of hydrogen-bond acceptors (Lipinski definition) is 4. The zero-order valence-electron chi connectivity index (χ0n) is 17.8. The van der Waals surface area contributed by atoms with E-state index in [2.05, 4.69) is 15.4 Å². The topological polar surface area (TPSA) is 81.8 Å². The Morgan fingerprint density at radius 1 is 0.879 bits per heavy atom. The molecule has 1 amide bonds. The second-order valence-electron chi connectivity index (χ2n) is 7.58. The molecular weight excluding hydrogens is 414 g/mol. The van der Waals surface area contributed by atoms with E-state index in [9.17, 15) is 9.59 Å². The van der Waals surface area contributed by atoms with E-state index in [4.69, 9.17) is 0 Å². The number of fused-ring (bicyclic) bond motifs is 1. The molecule has 33 heavy (non-hydrogen) atoms. The third-order valence-corrected chi connectivity index (χ3v) is 5.42. The molecule has 0 spiro atoms. The molecule has 0 atom stereocenters. The number of aryl methyl sites for hydroxylation is 1. The number of rotatable bonds is 6. The second-order valence-corrected chi connectivity index (χ2v) is 7.58. The molecule has 7 nitrogen and oxygen atoms in total. The van der Waals surface area contributed by atoms with Crippen molar-refractivity contribution in [3.8, 4) is 16.8 Å². The minimum atomic E-state index is -0.223. The van der Waals surface area contributed by atoms with Gasteiger partial charge in [0, 0.05) is 24.2 Å². The summed E-state index contributed by atoms with van der Waals surface area (Å²) < 4.78 is 3.08. The van der Waals surface area contributed by atoms with Gasteiger partial charge in [0.2, 0.25) is 5.91 Å². The van der Waals surface area contributed by atoms with Crippen LogP contribution in [-0.2, 0) is 11.3 Å². The summed E-state index contributed by atoms with van der Waals surface area (Å²) in [5, 5.41) is 7.70. The first kappa shape index (κ1) is 20.4. The van der Waals surface area contributed by atoms with Crippen LogP contribution in [0.5, 0.6) is 0 Å². The summed E-state index contributed by atoms with van der Waals surface area (Å²) >= 11 is 0. The van der Waals surface area contributed by atoms with E-state index in [0.717, 1.165) is 22.5 Å². The van der Waals surface area contributed by atoms with Crippen molar-refractivity contribution in [3.63, 3.8) is 0 Å². The molecule has 0 saturated carbocycles. The zero-order valence-corrected chi connectivity index (χ0v) is 17.8. The van der Waals surface area contributed by atoms with Gasteiger partial charge in [-0.3, -0.25) is 14.2 Å². The van der Waals surface area contributed by atoms with E-state index >= 15 is 0 Å². The van der Waals surface area contributed by atoms with Crippen molar-refractivity contribution in [2.45, 2.75) is 13.0 Å². The van der Waals surface area contributed by atoms with Crippen LogP contribution in [0.15, 0.2) is 102 Å². The predicted molar refractivity (Wildman–Crippen MR) is 128 cm³/mol. The van der Waals surface area contributed by atoms with Gasteiger partial charge in [-0.15, -0.1) is 0 Å². The fourth-order valence-corrected chi connectivity index (χ4v) is 3.76. The summed E-state index contributed by atoms with van der Waals surface area (Å²) in [5.41, 5.74) is 3.80. The average Bonchev–Trinajstić information content (AvgIpc) is 3.30. The van der Waals surface area contributed by atoms with Gasteiger partial charge in [0.1, 0.15) is 5.39 Å². The van der Waals surface area contributed by atoms with E-state index in [0.29, 0.717) is 11.0 Å². The lowest BCUT2D eigenvalue weighted by molar-refractivity contribution is -0.116. The normalized spacial score (nSPS) is 10.9. The molecule has 0 radical (unpaired) electrons. The van der Waals surface area contributed by atoms with Crippen molar-refractivity contribution in [2.24, 2.45) is 0 Å². The highest BCUT2D eigenvalue weighted by molar-refractivity contribution is 5.95. The number of aromatic nitrogens is 4. The summed E-state index contributed by atoms with van der Waals surface area (Å²) in [4.78, 5) is 30.0. The van der Waals surface area contributed by atoms with Crippen LogP contribution < -0.4 is 10.9 Å². The van der Waals surface area contributed by atoms with E-state index in [1.807, 2.05) is 84.9 Å². The van der Waals surface area contributed by atoms with E-state index < -0.39 is 0 Å². The van der Waals surface area contributed by atoms with Gasteiger partial charge in [-0.05, 0) is 23.8 Å². The van der Waals surface area contributed by atoms with E-state index in [1.54, 1.807) is 4.68 Å². The number of anilines is 1. The number of para-hydroxylation sites is 2. The summed E-state index contributed by atoms with van der Waals surface area (Å²) in [6, 6.07) is 27.1. The number of hydrogen-bond donors (Lipinski definition) is 1. The van der Waals surface area contributed by atoms with E-state index in [-0.39, 0.29) is 24.4 Å². The Kier molecular flexibility index (Phi) is 5.51. The van der Waals surface area contributed by atoms with Gasteiger partial charge in [0.15, 0.2) is 5.65 Å². The van der Waals surface area contributed by atoms with Crippen LogP contribution in [0.2, 0.25) is 0 Å². The van der Waals surface area contributed by atoms with Gasteiger partial charge in [0.25, 0.3) is 5.56 Å². The first-order valence-corrected chi connectivity index (χ1v) is 10.6. The standard InChI is InChI=1S/C26H21N5O2/c32-24(29-23-14-8-7-13-21(23)19-9-3-1-4-10-19)15-16-30-18-27-25-22(26(30)33)17-28-31(25)20-11-5-2-6-12-20/h1-14,17-18H,15-16H2,(H,29,32). The SMILES string of the molecule is O=C(CCn1cnc2c(cnn2-c2ccccc2)c1=O)Nc1ccccc1-c1ccccc1. The van der Waals surface area contributed by atoms with Crippen LogP contribution in [0.25, 0.3) is 27.8 Å². The van der Waals surface area contributed by atoms with Gasteiger partial charge >= 0.3 is 0 Å². The van der Waals surface area contributed by atoms with Gasteiger partial charge < -0.3 is 5.32 Å². The van der Waals surface area contributed by atoms with Crippen molar-refractivity contribution < 1.29 is 4.79 Å². The highest BCUT2D eigenvalue weighted by Gasteiger charge is 2.13. The van der Waals surface area contributed by atoms with Gasteiger partial charge in [-0.25, -0.2) is 9.67 Å². The van der Waals surface area contributed by atoms with Crippen LogP contribution >= 0.6 is 0 Å². The molecule has 7 heteroatoms. The molecule has 0 aliphatic heterocycles. The third-order valence-electron chi connectivity index (χ3n) is 5.42. The monoisotopic (exact) mass is 435 g/mol. The molecule has 0 fully saturated rings. The summed E-state index contributed by atoms with van der Waals surface area (Å²) in [6.45, 7) is 0.220. The maximum absolute atomic E-state index is 12.9. The number of carbonyl (C=O) groups is 1. The largest absolute Gasteiger partial charge is 0.325 e. The molecule has 5 rings (SSSR count). The Hall–Kier alpha value is -4.52. The molecule has 2 heterocycles. The highest BCUT2D eigenvalue weighted by atomic mass is 16.2. The van der Waals surface area contributed by atoms with Gasteiger partial charge in [-0.2, -0.15) is 5.10 Å². The average molecular weight is 435 g/mol. The number of carbonyl (C=O) groups excluding carboxylic acids is 1. The molecule has 0 aliphatic carbocycles. The first-order valence-electron chi connectivity index (χ1n) is 10.6. The van der Waals surface area contributed by atoms with Crippen LogP contribution in [0, 0.1) is 0 Å². The molecule has 5 aromatic rings. The fourth-order valence-electron chi connectivity index (χ4n) is 3.76. The van der Waals surface area contributed by atoms with Crippen LogP contribution in [0.1, 0.15) is 6.42 Å². The summed E-state index contributed by atoms with van der Waals surface area (Å²) in [6.07, 6.45) is 3.13. The maximum Gasteiger partial charge on any atom is 0.264 e. The number of nitrogens with one attached hydrogen (secondary N) is 1. The number of benzene rings is 3. The van der Waals surface area contributed by atoms with Crippen molar-refractivity contribution in [1.29, 1.82) is 0 Å². The first-order chi connectivity index (χ1) is 16.2. The molecule has 1 N–H and O–H groups in total. The van der Waals surface area contributed by atoms with Crippen molar-refractivity contribution in [1.82, 2.24) is 19.3 Å². The van der Waals surface area contributed by atoms with Crippen molar-refractivity contribution >= 4 is 22.6 Å². The molecule has 0 bridgehead atoms. The Balaban J connectivity index is 1.32. The number of nitrogens with zero attached hydrogens (tertiary/aromatic N) is 4. The van der Waals surface area contributed by atoms with Crippen LogP contribution in [0.3, 0.4) is 0 Å². The lowest BCUT2D eigenvalue weighted by Gasteiger charge is -2.12.